The Bertz CT molecular complexity index is 1090. The Hall–Kier alpha value is -2.34. The lowest BCUT2D eigenvalue weighted by Crippen LogP contribution is -2.49. The van der Waals surface area contributed by atoms with Gasteiger partial charge in [0, 0.05) is 50.3 Å². The number of furan rings is 1. The smallest absolute Gasteiger partial charge is 0.233 e. The van der Waals surface area contributed by atoms with Crippen molar-refractivity contribution in [2.75, 3.05) is 44.2 Å². The molecular weight excluding hydrogens is 438 g/mol. The number of benzene rings is 1. The van der Waals surface area contributed by atoms with Crippen molar-refractivity contribution in [1.82, 2.24) is 9.80 Å². The molecule has 0 N–H and O–H groups in total. The van der Waals surface area contributed by atoms with E-state index in [0.717, 1.165) is 69.4 Å². The fourth-order valence-electron chi connectivity index (χ4n) is 8.32. The molecule has 0 radical (unpaired) electrons. The van der Waals surface area contributed by atoms with Crippen molar-refractivity contribution in [3.05, 3.63) is 30.5 Å². The van der Waals surface area contributed by atoms with Gasteiger partial charge in [-0.25, -0.2) is 0 Å². The maximum absolute atomic E-state index is 13.3. The van der Waals surface area contributed by atoms with Crippen molar-refractivity contribution in [3.63, 3.8) is 0 Å². The number of imide groups is 1. The van der Waals surface area contributed by atoms with Gasteiger partial charge in [-0.1, -0.05) is 12.8 Å². The quantitative estimate of drug-likeness (QED) is 0.601. The van der Waals surface area contributed by atoms with Gasteiger partial charge in [-0.15, -0.1) is 0 Å². The number of amides is 2. The third-order valence-electron chi connectivity index (χ3n) is 10.2. The zero-order valence-electron chi connectivity index (χ0n) is 20.6. The number of piperazine rings is 1. The van der Waals surface area contributed by atoms with Crippen LogP contribution in [0.1, 0.15) is 44.9 Å². The van der Waals surface area contributed by atoms with Gasteiger partial charge in [0.25, 0.3) is 0 Å². The second-order valence-electron chi connectivity index (χ2n) is 11.9. The molecule has 2 aromatic rings. The van der Waals surface area contributed by atoms with Crippen molar-refractivity contribution < 1.29 is 14.0 Å². The Labute approximate surface area is 207 Å². The van der Waals surface area contributed by atoms with Gasteiger partial charge in [0.15, 0.2) is 0 Å². The van der Waals surface area contributed by atoms with E-state index in [0.29, 0.717) is 30.2 Å². The van der Waals surface area contributed by atoms with Gasteiger partial charge < -0.3 is 9.32 Å². The Morgan fingerprint density at radius 1 is 0.800 bits per heavy atom. The fourth-order valence-corrected chi connectivity index (χ4v) is 8.32. The van der Waals surface area contributed by atoms with Crippen LogP contribution in [0.2, 0.25) is 0 Å². The lowest BCUT2D eigenvalue weighted by atomic mass is 9.78. The van der Waals surface area contributed by atoms with E-state index in [2.05, 4.69) is 28.0 Å². The summed E-state index contributed by atoms with van der Waals surface area (Å²) in [5.74, 6) is 2.44. The molecule has 2 amide bonds. The van der Waals surface area contributed by atoms with Gasteiger partial charge in [0.2, 0.25) is 11.8 Å². The summed E-state index contributed by atoms with van der Waals surface area (Å²) < 4.78 is 5.50. The van der Waals surface area contributed by atoms with Crippen LogP contribution in [-0.2, 0) is 9.59 Å². The van der Waals surface area contributed by atoms with Crippen molar-refractivity contribution in [2.45, 2.75) is 44.9 Å². The molecule has 7 rings (SSSR count). The summed E-state index contributed by atoms with van der Waals surface area (Å²) in [6.45, 7) is 6.00. The number of carbonyl (C=O) groups is 2. The molecule has 3 saturated carbocycles. The maximum atomic E-state index is 13.3. The lowest BCUT2D eigenvalue weighted by Gasteiger charge is -2.41. The number of carbonyl (C=O) groups excluding carboxylic acids is 2. The third kappa shape index (κ3) is 3.71. The van der Waals surface area contributed by atoms with Crippen LogP contribution >= 0.6 is 0 Å². The number of likely N-dealkylation sites (tertiary alicyclic amines) is 1. The summed E-state index contributed by atoms with van der Waals surface area (Å²) in [6, 6.07) is 8.51. The van der Waals surface area contributed by atoms with Crippen LogP contribution in [0.15, 0.2) is 34.9 Å². The first-order valence-corrected chi connectivity index (χ1v) is 14.0. The number of hydrogen-bond acceptors (Lipinski definition) is 5. The van der Waals surface area contributed by atoms with E-state index in [1.807, 2.05) is 6.07 Å². The Kier molecular flexibility index (Phi) is 5.41. The summed E-state index contributed by atoms with van der Waals surface area (Å²) in [5.41, 5.74) is 2.22. The third-order valence-corrected chi connectivity index (χ3v) is 10.2. The minimum Gasteiger partial charge on any atom is -0.464 e. The molecule has 3 aliphatic carbocycles. The molecule has 6 atom stereocenters. The second-order valence-corrected chi connectivity index (χ2v) is 11.9. The number of anilines is 1. The Balaban J connectivity index is 0.977. The second kappa shape index (κ2) is 8.65. The first-order chi connectivity index (χ1) is 17.2. The fraction of sp³-hybridized carbons (Fsp3) is 0.655. The summed E-state index contributed by atoms with van der Waals surface area (Å²) in [4.78, 5) is 33.4. The first-order valence-electron chi connectivity index (χ1n) is 14.0. The van der Waals surface area contributed by atoms with E-state index in [1.54, 1.807) is 11.2 Å². The van der Waals surface area contributed by atoms with Crippen LogP contribution in [0.5, 0.6) is 0 Å². The number of nitrogens with zero attached hydrogens (tertiary/aromatic N) is 3. The number of rotatable bonds is 5. The first kappa shape index (κ1) is 21.9. The van der Waals surface area contributed by atoms with Crippen molar-refractivity contribution >= 4 is 28.5 Å². The molecule has 186 valence electrons. The lowest BCUT2D eigenvalue weighted by molar-refractivity contribution is -0.142. The number of hydrogen-bond donors (Lipinski definition) is 0. The molecule has 2 aliphatic heterocycles. The predicted octanol–water partition coefficient (Wildman–Crippen LogP) is 4.39. The standard InChI is InChI=1S/C29H37N3O3/c33-28-26-20-5-6-21(15-20)27(26)29(34)32(28)18-23-4-2-1-3-22(23)17-30-10-12-31(13-11-30)24-7-8-25-19(16-24)9-14-35-25/h7-9,14,16,20-23,26-27H,1-6,10-13,15,17-18H2/t20?,21?,22-,23-,26?,27?/m1/s1. The average molecular weight is 476 g/mol. The van der Waals surface area contributed by atoms with E-state index >= 15 is 0 Å². The van der Waals surface area contributed by atoms with Crippen molar-refractivity contribution in [2.24, 2.45) is 35.5 Å². The maximum Gasteiger partial charge on any atom is 0.233 e. The zero-order chi connectivity index (χ0) is 23.5. The molecule has 6 heteroatoms. The molecule has 4 unspecified atom stereocenters. The summed E-state index contributed by atoms with van der Waals surface area (Å²) in [6.07, 6.45) is 10.1. The van der Waals surface area contributed by atoms with Gasteiger partial charge in [-0.3, -0.25) is 19.4 Å². The predicted molar refractivity (Wildman–Crippen MR) is 135 cm³/mol. The molecule has 1 aromatic carbocycles. The highest BCUT2D eigenvalue weighted by Crippen LogP contribution is 2.56. The molecule has 35 heavy (non-hydrogen) atoms. The van der Waals surface area contributed by atoms with Gasteiger partial charge >= 0.3 is 0 Å². The van der Waals surface area contributed by atoms with Crippen LogP contribution < -0.4 is 4.90 Å². The molecule has 5 aliphatic rings. The Morgan fingerprint density at radius 3 is 2.20 bits per heavy atom. The molecule has 5 fully saturated rings. The number of fused-ring (bicyclic) bond motifs is 6. The molecule has 3 heterocycles. The molecule has 6 nitrogen and oxygen atoms in total. The van der Waals surface area contributed by atoms with Crippen molar-refractivity contribution in [1.29, 1.82) is 0 Å². The summed E-state index contributed by atoms with van der Waals surface area (Å²) in [7, 11) is 0. The Morgan fingerprint density at radius 2 is 1.49 bits per heavy atom. The topological polar surface area (TPSA) is 57.0 Å². The molecule has 2 saturated heterocycles. The highest BCUT2D eigenvalue weighted by atomic mass is 16.3. The van der Waals surface area contributed by atoms with E-state index in [4.69, 9.17) is 4.42 Å². The van der Waals surface area contributed by atoms with Gasteiger partial charge in [0.05, 0.1) is 18.1 Å². The van der Waals surface area contributed by atoms with Gasteiger partial charge in [-0.2, -0.15) is 0 Å². The highest BCUT2D eigenvalue weighted by molar-refractivity contribution is 6.06. The zero-order valence-corrected chi connectivity index (χ0v) is 20.6. The monoisotopic (exact) mass is 475 g/mol. The van der Waals surface area contributed by atoms with Crippen LogP contribution in [0.3, 0.4) is 0 Å². The minimum atomic E-state index is 0.0256. The average Bonchev–Trinajstić information content (AvgIpc) is 3.67. The summed E-state index contributed by atoms with van der Waals surface area (Å²) in [5, 5.41) is 1.16. The van der Waals surface area contributed by atoms with Crippen LogP contribution in [-0.4, -0.2) is 60.9 Å². The van der Waals surface area contributed by atoms with Gasteiger partial charge in [0.1, 0.15) is 5.58 Å². The minimum absolute atomic E-state index is 0.0256. The van der Waals surface area contributed by atoms with Crippen LogP contribution in [0.4, 0.5) is 5.69 Å². The highest BCUT2D eigenvalue weighted by Gasteiger charge is 2.61. The molecule has 0 spiro atoms. The van der Waals surface area contributed by atoms with Crippen LogP contribution in [0.25, 0.3) is 11.0 Å². The van der Waals surface area contributed by atoms with E-state index in [9.17, 15) is 9.59 Å². The van der Waals surface area contributed by atoms with E-state index in [1.165, 1.54) is 24.9 Å². The van der Waals surface area contributed by atoms with Gasteiger partial charge in [-0.05, 0) is 80.0 Å². The molecule has 2 bridgehead atoms. The van der Waals surface area contributed by atoms with Crippen LogP contribution in [0, 0.1) is 35.5 Å². The molecular formula is C29H37N3O3. The van der Waals surface area contributed by atoms with E-state index < -0.39 is 0 Å². The normalized spacial score (nSPS) is 35.4. The van der Waals surface area contributed by atoms with E-state index in [-0.39, 0.29) is 23.7 Å². The molecule has 1 aromatic heterocycles. The SMILES string of the molecule is O=C1C2C3CCC(C3)C2C(=O)N1C[C@H]1CCCC[C@@H]1CN1CCN(c2ccc3occc3c2)CC1. The van der Waals surface area contributed by atoms with Crippen molar-refractivity contribution in [3.8, 4) is 0 Å². The summed E-state index contributed by atoms with van der Waals surface area (Å²) >= 11 is 0. The largest absolute Gasteiger partial charge is 0.464 e.